The zero-order chi connectivity index (χ0) is 19.4. The fourth-order valence-corrected chi connectivity index (χ4v) is 4.00. The number of hydrogen-bond acceptors (Lipinski definition) is 7. The quantitative estimate of drug-likeness (QED) is 0.729. The third-order valence-corrected chi connectivity index (χ3v) is 5.63. The molecule has 27 heavy (non-hydrogen) atoms. The van der Waals surface area contributed by atoms with E-state index in [-0.39, 0.29) is 18.9 Å². The average molecular weight is 394 g/mol. The van der Waals surface area contributed by atoms with Crippen LogP contribution in [0.3, 0.4) is 0 Å². The van der Waals surface area contributed by atoms with Gasteiger partial charge in [-0.15, -0.1) is 0 Å². The number of aromatic nitrogens is 2. The van der Waals surface area contributed by atoms with Crippen molar-refractivity contribution in [2.75, 3.05) is 23.8 Å². The predicted octanol–water partition coefficient (Wildman–Crippen LogP) is 2.09. The zero-order valence-electron chi connectivity index (χ0n) is 15.2. The van der Waals surface area contributed by atoms with Crippen LogP contribution in [0.25, 0.3) is 11.4 Å². The van der Waals surface area contributed by atoms with Crippen molar-refractivity contribution in [3.05, 3.63) is 30.2 Å². The lowest BCUT2D eigenvalue weighted by Crippen LogP contribution is -2.43. The van der Waals surface area contributed by atoms with Gasteiger partial charge in [0.2, 0.25) is 21.7 Å². The molecule has 3 rings (SSSR count). The van der Waals surface area contributed by atoms with Gasteiger partial charge in [0.25, 0.3) is 0 Å². The van der Waals surface area contributed by atoms with E-state index in [1.165, 1.54) is 4.90 Å². The lowest BCUT2D eigenvalue weighted by atomic mass is 10.1. The number of benzene rings is 1. The van der Waals surface area contributed by atoms with E-state index in [4.69, 9.17) is 9.26 Å². The molecule has 1 aliphatic heterocycles. The van der Waals surface area contributed by atoms with Crippen molar-refractivity contribution >= 4 is 21.8 Å². The van der Waals surface area contributed by atoms with E-state index in [0.717, 1.165) is 12.0 Å². The van der Waals surface area contributed by atoms with Crippen molar-refractivity contribution in [2.24, 2.45) is 0 Å². The smallest absolute Gasteiger partial charge is 0.414 e. The van der Waals surface area contributed by atoms with Crippen LogP contribution >= 0.6 is 0 Å². The fraction of sp³-hybridized carbons (Fsp3) is 0.471. The number of amides is 1. The average Bonchev–Trinajstić information content (AvgIpc) is 3.24. The van der Waals surface area contributed by atoms with Gasteiger partial charge in [0, 0.05) is 24.7 Å². The van der Waals surface area contributed by atoms with Gasteiger partial charge in [0.1, 0.15) is 6.61 Å². The standard InChI is InChI=1S/C17H22N4O5S/c1-3-4-9-27(23,24)18-10-15-11-25-17(22)21(15)14-7-5-13(6-8-14)16-19-12(2)26-20-16/h5-8,15,18H,3-4,9-11H2,1-2H3. The minimum absolute atomic E-state index is 0.0733. The SMILES string of the molecule is CCCCS(=O)(=O)NCC1COC(=O)N1c1ccc(-c2noc(C)n2)cc1. The van der Waals surface area contributed by atoms with Crippen molar-refractivity contribution < 1.29 is 22.5 Å². The maximum atomic E-state index is 12.1. The highest BCUT2D eigenvalue weighted by Crippen LogP contribution is 2.26. The van der Waals surface area contributed by atoms with Crippen LogP contribution in [0.4, 0.5) is 10.5 Å². The highest BCUT2D eigenvalue weighted by Gasteiger charge is 2.34. The van der Waals surface area contributed by atoms with E-state index in [9.17, 15) is 13.2 Å². The largest absolute Gasteiger partial charge is 0.447 e. The number of hydrogen-bond donors (Lipinski definition) is 1. The summed E-state index contributed by atoms with van der Waals surface area (Å²) < 4.78 is 36.6. The Labute approximate surface area is 157 Å². The number of carbonyl (C=O) groups excluding carboxylic acids is 1. The predicted molar refractivity (Wildman–Crippen MR) is 98.8 cm³/mol. The minimum atomic E-state index is -3.37. The molecule has 2 aromatic rings. The second-order valence-corrected chi connectivity index (χ2v) is 8.23. The first-order valence-corrected chi connectivity index (χ1v) is 10.4. The maximum absolute atomic E-state index is 12.1. The Hall–Kier alpha value is -2.46. The van der Waals surface area contributed by atoms with Crippen LogP contribution in [-0.2, 0) is 14.8 Å². The summed E-state index contributed by atoms with van der Waals surface area (Å²) >= 11 is 0. The highest BCUT2D eigenvalue weighted by atomic mass is 32.2. The molecule has 1 saturated heterocycles. The summed E-state index contributed by atoms with van der Waals surface area (Å²) in [5, 5.41) is 3.86. The first-order chi connectivity index (χ1) is 12.9. The van der Waals surface area contributed by atoms with Gasteiger partial charge in [-0.1, -0.05) is 18.5 Å². The molecule has 1 N–H and O–H groups in total. The van der Waals surface area contributed by atoms with Crippen LogP contribution in [0.2, 0.25) is 0 Å². The molecule has 9 nitrogen and oxygen atoms in total. The van der Waals surface area contributed by atoms with Crippen LogP contribution in [-0.4, -0.2) is 49.6 Å². The summed E-state index contributed by atoms with van der Waals surface area (Å²) in [5.41, 5.74) is 1.36. The van der Waals surface area contributed by atoms with E-state index >= 15 is 0 Å². The summed E-state index contributed by atoms with van der Waals surface area (Å²) in [6, 6.07) is 6.62. The number of ether oxygens (including phenoxy) is 1. The molecule has 2 heterocycles. The summed E-state index contributed by atoms with van der Waals surface area (Å²) in [6.07, 6.45) is 0.886. The van der Waals surface area contributed by atoms with Crippen LogP contribution in [0, 0.1) is 6.92 Å². The Morgan fingerprint density at radius 3 is 2.67 bits per heavy atom. The van der Waals surface area contributed by atoms with Crippen molar-refractivity contribution in [2.45, 2.75) is 32.7 Å². The van der Waals surface area contributed by atoms with Gasteiger partial charge in [0.15, 0.2) is 0 Å². The normalized spacial score (nSPS) is 17.3. The highest BCUT2D eigenvalue weighted by molar-refractivity contribution is 7.89. The van der Waals surface area contributed by atoms with Crippen LogP contribution < -0.4 is 9.62 Å². The molecule has 0 saturated carbocycles. The number of carbonyl (C=O) groups is 1. The summed E-state index contributed by atoms with van der Waals surface area (Å²) in [6.45, 7) is 3.86. The molecule has 1 aliphatic rings. The molecule has 0 bridgehead atoms. The van der Waals surface area contributed by atoms with Crippen molar-refractivity contribution in [3.8, 4) is 11.4 Å². The van der Waals surface area contributed by atoms with E-state index in [1.54, 1.807) is 31.2 Å². The third-order valence-electron chi connectivity index (χ3n) is 4.20. The number of cyclic esters (lactones) is 1. The lowest BCUT2D eigenvalue weighted by Gasteiger charge is -2.22. The Morgan fingerprint density at radius 1 is 1.30 bits per heavy atom. The molecule has 0 spiro atoms. The molecule has 1 aromatic heterocycles. The zero-order valence-corrected chi connectivity index (χ0v) is 16.0. The molecule has 10 heteroatoms. The van der Waals surface area contributed by atoms with Gasteiger partial charge in [-0.25, -0.2) is 17.9 Å². The Morgan fingerprint density at radius 2 is 2.04 bits per heavy atom. The van der Waals surface area contributed by atoms with Gasteiger partial charge in [0.05, 0.1) is 11.8 Å². The van der Waals surface area contributed by atoms with Gasteiger partial charge in [-0.3, -0.25) is 4.90 Å². The van der Waals surface area contributed by atoms with Gasteiger partial charge in [-0.05, 0) is 30.7 Å². The molecule has 1 unspecified atom stereocenters. The second-order valence-electron chi connectivity index (χ2n) is 6.31. The first kappa shape index (κ1) is 19.3. The van der Waals surface area contributed by atoms with E-state index < -0.39 is 22.2 Å². The fourth-order valence-electron chi connectivity index (χ4n) is 2.74. The molecule has 0 aliphatic carbocycles. The lowest BCUT2D eigenvalue weighted by molar-refractivity contribution is 0.179. The molecule has 1 aromatic carbocycles. The molecular weight excluding hydrogens is 372 g/mol. The Kier molecular flexibility index (Phi) is 5.76. The van der Waals surface area contributed by atoms with Gasteiger partial charge >= 0.3 is 6.09 Å². The monoisotopic (exact) mass is 394 g/mol. The van der Waals surface area contributed by atoms with Crippen molar-refractivity contribution in [1.82, 2.24) is 14.9 Å². The molecule has 0 radical (unpaired) electrons. The van der Waals surface area contributed by atoms with E-state index in [1.807, 2.05) is 6.92 Å². The number of nitrogens with one attached hydrogen (secondary N) is 1. The van der Waals surface area contributed by atoms with E-state index in [2.05, 4.69) is 14.9 Å². The number of anilines is 1. The third kappa shape index (κ3) is 4.64. The number of aryl methyl sites for hydroxylation is 1. The number of unbranched alkanes of at least 4 members (excludes halogenated alkanes) is 1. The second kappa shape index (κ2) is 8.05. The Balaban J connectivity index is 1.70. The molecular formula is C17H22N4O5S. The van der Waals surface area contributed by atoms with Crippen LogP contribution in [0.1, 0.15) is 25.7 Å². The summed E-state index contributed by atoms with van der Waals surface area (Å²) in [7, 11) is -3.37. The number of nitrogens with zero attached hydrogens (tertiary/aromatic N) is 3. The van der Waals surface area contributed by atoms with Gasteiger partial charge in [-0.2, -0.15) is 4.98 Å². The molecule has 1 amide bonds. The van der Waals surface area contributed by atoms with Crippen molar-refractivity contribution in [1.29, 1.82) is 0 Å². The van der Waals surface area contributed by atoms with Crippen molar-refractivity contribution in [3.63, 3.8) is 0 Å². The first-order valence-electron chi connectivity index (χ1n) is 8.73. The maximum Gasteiger partial charge on any atom is 0.414 e. The number of sulfonamides is 1. The minimum Gasteiger partial charge on any atom is -0.447 e. The van der Waals surface area contributed by atoms with E-state index in [0.29, 0.717) is 23.8 Å². The summed E-state index contributed by atoms with van der Waals surface area (Å²) in [5.74, 6) is 1.00. The van der Waals surface area contributed by atoms with Crippen LogP contribution in [0.15, 0.2) is 28.8 Å². The molecule has 146 valence electrons. The summed E-state index contributed by atoms with van der Waals surface area (Å²) in [4.78, 5) is 17.7. The van der Waals surface area contributed by atoms with Crippen LogP contribution in [0.5, 0.6) is 0 Å². The molecule has 1 fully saturated rings. The number of rotatable bonds is 8. The van der Waals surface area contributed by atoms with Gasteiger partial charge < -0.3 is 9.26 Å². The Bertz CT molecular complexity index is 894. The topological polar surface area (TPSA) is 115 Å². The molecule has 1 atom stereocenters.